The van der Waals surface area contributed by atoms with Gasteiger partial charge in [-0.2, -0.15) is 0 Å². The first-order valence-corrected chi connectivity index (χ1v) is 8.57. The zero-order valence-corrected chi connectivity index (χ0v) is 13.1. The molecule has 0 bridgehead atoms. The van der Waals surface area contributed by atoms with E-state index < -0.39 is 8.80 Å². The van der Waals surface area contributed by atoms with Gasteiger partial charge in [-0.25, -0.2) is 4.39 Å². The number of rotatable bonds is 8. The Morgan fingerprint density at radius 2 is 1.47 bits per heavy atom. The van der Waals surface area contributed by atoms with Crippen LogP contribution in [0.4, 0.5) is 4.39 Å². The zero-order valence-electron chi connectivity index (χ0n) is 12.1. The Morgan fingerprint density at radius 1 is 1.00 bits per heavy atom. The maximum atomic E-state index is 13.9. The number of hydrogen-bond donors (Lipinski definition) is 0. The molecule has 0 amide bonds. The topological polar surface area (TPSA) is 27.7 Å². The molecule has 19 heavy (non-hydrogen) atoms. The molecule has 0 fully saturated rings. The van der Waals surface area contributed by atoms with E-state index in [1.54, 1.807) is 12.1 Å². The Labute approximate surface area is 116 Å². The van der Waals surface area contributed by atoms with Crippen molar-refractivity contribution in [1.82, 2.24) is 0 Å². The van der Waals surface area contributed by atoms with Crippen LogP contribution >= 0.6 is 0 Å². The van der Waals surface area contributed by atoms with Crippen molar-refractivity contribution in [3.8, 4) is 0 Å². The van der Waals surface area contributed by atoms with E-state index >= 15 is 0 Å². The third kappa shape index (κ3) is 3.86. The fraction of sp³-hybridized carbons (Fsp3) is 0.571. The van der Waals surface area contributed by atoms with E-state index in [0.717, 1.165) is 0 Å². The highest BCUT2D eigenvalue weighted by molar-refractivity contribution is 6.62. The quantitative estimate of drug-likeness (QED) is 0.684. The van der Waals surface area contributed by atoms with E-state index in [4.69, 9.17) is 13.3 Å². The molecular weight excluding hydrogens is 263 g/mol. The Hall–Kier alpha value is -0.753. The zero-order chi connectivity index (χ0) is 14.3. The van der Waals surface area contributed by atoms with Crippen molar-refractivity contribution in [2.24, 2.45) is 0 Å². The van der Waals surface area contributed by atoms with Gasteiger partial charge in [0.2, 0.25) is 0 Å². The van der Waals surface area contributed by atoms with Gasteiger partial charge in [0.1, 0.15) is 5.82 Å². The number of halogens is 1. The Kier molecular flexibility index (Phi) is 6.64. The SMILES string of the molecule is CCO[Si](OCC)(OCC)[C@@H](C)c1ccccc1F. The lowest BCUT2D eigenvalue weighted by atomic mass is 10.1. The fourth-order valence-corrected chi connectivity index (χ4v) is 4.94. The van der Waals surface area contributed by atoms with Crippen LogP contribution in [0.15, 0.2) is 24.3 Å². The molecule has 0 aliphatic heterocycles. The van der Waals surface area contributed by atoms with Crippen molar-refractivity contribution < 1.29 is 17.7 Å². The predicted octanol–water partition coefficient (Wildman–Crippen LogP) is 3.52. The summed E-state index contributed by atoms with van der Waals surface area (Å²) < 4.78 is 31.4. The molecule has 0 unspecified atom stereocenters. The maximum absolute atomic E-state index is 13.9. The summed E-state index contributed by atoms with van der Waals surface area (Å²) in [7, 11) is -2.91. The van der Waals surface area contributed by atoms with E-state index in [0.29, 0.717) is 25.4 Å². The molecule has 1 atom stereocenters. The molecule has 1 aromatic carbocycles. The van der Waals surface area contributed by atoms with Crippen LogP contribution in [0, 0.1) is 5.82 Å². The normalized spacial score (nSPS) is 13.5. The first-order valence-electron chi connectivity index (χ1n) is 6.77. The van der Waals surface area contributed by atoms with Crippen molar-refractivity contribution in [2.75, 3.05) is 19.8 Å². The first-order chi connectivity index (χ1) is 9.11. The summed E-state index contributed by atoms with van der Waals surface area (Å²) in [5.74, 6) is -0.244. The second-order valence-corrected chi connectivity index (χ2v) is 7.08. The molecule has 0 radical (unpaired) electrons. The molecular formula is C14H23FO3Si. The molecule has 3 nitrogen and oxygen atoms in total. The van der Waals surface area contributed by atoms with Gasteiger partial charge in [0.15, 0.2) is 0 Å². The van der Waals surface area contributed by atoms with E-state index in [-0.39, 0.29) is 11.4 Å². The van der Waals surface area contributed by atoms with Crippen LogP contribution in [0.3, 0.4) is 0 Å². The second-order valence-electron chi connectivity index (χ2n) is 4.15. The minimum Gasteiger partial charge on any atom is -0.373 e. The fourth-order valence-electron chi connectivity index (χ4n) is 2.12. The molecule has 0 saturated heterocycles. The van der Waals surface area contributed by atoms with Gasteiger partial charge in [-0.3, -0.25) is 0 Å². The lowest BCUT2D eigenvalue weighted by molar-refractivity contribution is 0.0630. The van der Waals surface area contributed by atoms with Gasteiger partial charge in [-0.15, -0.1) is 0 Å². The Bertz CT molecular complexity index is 370. The maximum Gasteiger partial charge on any atom is 0.508 e. The molecule has 0 aliphatic rings. The van der Waals surface area contributed by atoms with Crippen LogP contribution in [0.2, 0.25) is 0 Å². The monoisotopic (exact) mass is 286 g/mol. The van der Waals surface area contributed by atoms with Crippen molar-refractivity contribution in [3.05, 3.63) is 35.6 Å². The molecule has 108 valence electrons. The molecule has 0 spiro atoms. The van der Waals surface area contributed by atoms with Gasteiger partial charge in [0, 0.05) is 19.8 Å². The largest absolute Gasteiger partial charge is 0.508 e. The average molecular weight is 286 g/mol. The molecule has 0 aliphatic carbocycles. The van der Waals surface area contributed by atoms with Gasteiger partial charge < -0.3 is 13.3 Å². The van der Waals surface area contributed by atoms with Crippen LogP contribution in [0.5, 0.6) is 0 Å². The van der Waals surface area contributed by atoms with Gasteiger partial charge >= 0.3 is 8.80 Å². The molecule has 1 aromatic rings. The highest BCUT2D eigenvalue weighted by Crippen LogP contribution is 2.31. The standard InChI is InChI=1S/C14H23FO3Si/c1-5-16-19(17-6-2,18-7-3)12(4)13-10-8-9-11-14(13)15/h8-12H,5-7H2,1-4H3/t12-/m0/s1. The third-order valence-corrected chi connectivity index (χ3v) is 6.38. The minimum absolute atomic E-state index is 0.228. The molecule has 0 saturated carbocycles. The predicted molar refractivity (Wildman–Crippen MR) is 75.4 cm³/mol. The lowest BCUT2D eigenvalue weighted by Crippen LogP contribution is -2.51. The van der Waals surface area contributed by atoms with Crippen molar-refractivity contribution >= 4 is 8.80 Å². The second kappa shape index (κ2) is 7.74. The van der Waals surface area contributed by atoms with Crippen LogP contribution < -0.4 is 0 Å². The number of hydrogen-bond acceptors (Lipinski definition) is 3. The summed E-state index contributed by atoms with van der Waals surface area (Å²) >= 11 is 0. The van der Waals surface area contributed by atoms with Gasteiger partial charge in [-0.05, 0) is 32.4 Å². The highest BCUT2D eigenvalue weighted by atomic mass is 28.4. The first kappa shape index (κ1) is 16.3. The summed E-state index contributed by atoms with van der Waals surface area (Å²) in [6.45, 7) is 9.07. The summed E-state index contributed by atoms with van der Waals surface area (Å²) in [5.41, 5.74) is 0.359. The summed E-state index contributed by atoms with van der Waals surface area (Å²) in [6.07, 6.45) is 0. The van der Waals surface area contributed by atoms with Crippen molar-refractivity contribution in [3.63, 3.8) is 0 Å². The van der Waals surface area contributed by atoms with Crippen molar-refractivity contribution in [1.29, 1.82) is 0 Å². The van der Waals surface area contributed by atoms with Crippen molar-refractivity contribution in [2.45, 2.75) is 33.2 Å². The van der Waals surface area contributed by atoms with E-state index in [2.05, 4.69) is 0 Å². The average Bonchev–Trinajstić information content (AvgIpc) is 2.39. The molecule has 1 rings (SSSR count). The third-order valence-electron chi connectivity index (χ3n) is 2.94. The minimum atomic E-state index is -2.91. The van der Waals surface area contributed by atoms with E-state index in [9.17, 15) is 4.39 Å². The Morgan fingerprint density at radius 3 is 1.89 bits per heavy atom. The Balaban J connectivity index is 3.11. The molecule has 0 N–H and O–H groups in total. The van der Waals surface area contributed by atoms with Gasteiger partial charge in [0.25, 0.3) is 0 Å². The van der Waals surface area contributed by atoms with E-state index in [1.807, 2.05) is 33.8 Å². The lowest BCUT2D eigenvalue weighted by Gasteiger charge is -2.33. The summed E-state index contributed by atoms with van der Waals surface area (Å²) in [6, 6.07) is 6.71. The number of benzene rings is 1. The van der Waals surface area contributed by atoms with E-state index in [1.165, 1.54) is 6.07 Å². The summed E-state index contributed by atoms with van der Waals surface area (Å²) in [4.78, 5) is 0. The molecule has 5 heteroatoms. The van der Waals surface area contributed by atoms with Gasteiger partial charge in [0.05, 0.1) is 5.54 Å². The van der Waals surface area contributed by atoms with Gasteiger partial charge in [-0.1, -0.05) is 25.1 Å². The smallest absolute Gasteiger partial charge is 0.373 e. The van der Waals surface area contributed by atoms with Crippen LogP contribution in [-0.2, 0) is 13.3 Å². The molecule has 0 aromatic heterocycles. The highest BCUT2D eigenvalue weighted by Gasteiger charge is 2.48. The molecule has 0 heterocycles. The van der Waals surface area contributed by atoms with Crippen LogP contribution in [-0.4, -0.2) is 28.6 Å². The summed E-state index contributed by atoms with van der Waals surface area (Å²) in [5, 5.41) is 0. The van der Waals surface area contributed by atoms with Crippen LogP contribution in [0.25, 0.3) is 0 Å². The van der Waals surface area contributed by atoms with Crippen LogP contribution in [0.1, 0.15) is 38.8 Å².